The number of thioether (sulfide) groups is 1. The molecule has 37 heavy (non-hydrogen) atoms. The van der Waals surface area contributed by atoms with Gasteiger partial charge in [0.1, 0.15) is 0 Å². The fourth-order valence-corrected chi connectivity index (χ4v) is 4.76. The van der Waals surface area contributed by atoms with Crippen molar-refractivity contribution >= 4 is 28.4 Å². The summed E-state index contributed by atoms with van der Waals surface area (Å²) in [6.07, 6.45) is -2.58. The van der Waals surface area contributed by atoms with Gasteiger partial charge in [0.2, 0.25) is 0 Å². The van der Waals surface area contributed by atoms with Crippen molar-refractivity contribution in [1.82, 2.24) is 15.0 Å². The van der Waals surface area contributed by atoms with E-state index < -0.39 is 46.5 Å². The van der Waals surface area contributed by atoms with Crippen molar-refractivity contribution in [3.63, 3.8) is 0 Å². The van der Waals surface area contributed by atoms with Gasteiger partial charge in [-0.25, -0.2) is 18.7 Å². The molecule has 2 N–H and O–H groups in total. The van der Waals surface area contributed by atoms with Gasteiger partial charge < -0.3 is 15.2 Å². The molecule has 194 valence electrons. The standard InChI is InChI=1S/C25H21F5N4O2S/c1-14-7-8-15-18(33-14)5-3-6-19(15)34-22(16-9-10-17(26)21(36-2)20(16)27)24(35,25(28,29)30)13-37-23-31-11-4-12-32-23/h3-12,22,34-35H,13H2,1-2H3/t22-,24-/m1/s1. The Balaban J connectivity index is 1.89. The molecule has 2 aromatic carbocycles. The monoisotopic (exact) mass is 536 g/mol. The summed E-state index contributed by atoms with van der Waals surface area (Å²) >= 11 is 0.540. The molecule has 0 bridgehead atoms. The molecule has 0 saturated carbocycles. The number of methoxy groups -OCH3 is 1. The van der Waals surface area contributed by atoms with E-state index in [-0.39, 0.29) is 10.8 Å². The number of aliphatic hydroxyl groups is 1. The number of rotatable bonds is 8. The maximum absolute atomic E-state index is 15.4. The van der Waals surface area contributed by atoms with Crippen LogP contribution in [0.2, 0.25) is 0 Å². The van der Waals surface area contributed by atoms with Gasteiger partial charge in [0, 0.05) is 40.5 Å². The third-order valence-corrected chi connectivity index (χ3v) is 6.75. The molecule has 0 spiro atoms. The number of nitrogens with zero attached hydrogens (tertiary/aromatic N) is 3. The summed E-state index contributed by atoms with van der Waals surface area (Å²) < 4.78 is 78.2. The second-order valence-electron chi connectivity index (χ2n) is 8.13. The molecule has 0 unspecified atom stereocenters. The Morgan fingerprint density at radius 1 is 1.03 bits per heavy atom. The van der Waals surface area contributed by atoms with E-state index in [1.54, 1.807) is 31.2 Å². The van der Waals surface area contributed by atoms with Crippen LogP contribution in [-0.4, -0.2) is 44.7 Å². The number of hydrogen-bond acceptors (Lipinski definition) is 7. The topological polar surface area (TPSA) is 80.2 Å². The molecule has 0 aliphatic carbocycles. The van der Waals surface area contributed by atoms with Crippen LogP contribution < -0.4 is 10.1 Å². The molecule has 0 aliphatic rings. The van der Waals surface area contributed by atoms with Crippen molar-refractivity contribution < 1.29 is 31.8 Å². The highest BCUT2D eigenvalue weighted by atomic mass is 32.2. The summed E-state index contributed by atoms with van der Waals surface area (Å²) in [5, 5.41) is 14.4. The number of alkyl halides is 3. The minimum Gasteiger partial charge on any atom is -0.491 e. The Labute approximate surface area is 212 Å². The number of anilines is 1. The maximum atomic E-state index is 15.4. The molecule has 0 saturated heterocycles. The fraction of sp³-hybridized carbons (Fsp3) is 0.240. The van der Waals surface area contributed by atoms with Crippen molar-refractivity contribution in [3.8, 4) is 5.75 Å². The van der Waals surface area contributed by atoms with Gasteiger partial charge in [-0.1, -0.05) is 23.9 Å². The van der Waals surface area contributed by atoms with Gasteiger partial charge in [0.25, 0.3) is 0 Å². The molecule has 2 aromatic heterocycles. The number of benzene rings is 2. The second-order valence-corrected chi connectivity index (χ2v) is 9.07. The maximum Gasteiger partial charge on any atom is 0.420 e. The van der Waals surface area contributed by atoms with Crippen LogP contribution in [0.25, 0.3) is 10.9 Å². The Morgan fingerprint density at radius 2 is 1.76 bits per heavy atom. The van der Waals surface area contributed by atoms with E-state index in [1.807, 2.05) is 0 Å². The first-order valence-electron chi connectivity index (χ1n) is 10.9. The number of aryl methyl sites for hydroxylation is 1. The lowest BCUT2D eigenvalue weighted by Gasteiger charge is -2.39. The van der Waals surface area contributed by atoms with Crippen molar-refractivity contribution in [3.05, 3.63) is 83.8 Å². The Morgan fingerprint density at radius 3 is 2.43 bits per heavy atom. The third-order valence-electron chi connectivity index (χ3n) is 5.70. The van der Waals surface area contributed by atoms with E-state index in [0.717, 1.165) is 19.2 Å². The Kier molecular flexibility index (Phi) is 7.51. The van der Waals surface area contributed by atoms with Crippen molar-refractivity contribution in [1.29, 1.82) is 0 Å². The van der Waals surface area contributed by atoms with Crippen LogP contribution in [-0.2, 0) is 0 Å². The number of ether oxygens (including phenoxy) is 1. The first-order valence-corrected chi connectivity index (χ1v) is 11.9. The number of pyridine rings is 1. The van der Waals surface area contributed by atoms with E-state index in [2.05, 4.69) is 20.3 Å². The molecule has 4 aromatic rings. The lowest BCUT2D eigenvalue weighted by Crippen LogP contribution is -2.55. The summed E-state index contributed by atoms with van der Waals surface area (Å²) in [6, 6.07) is 9.02. The van der Waals surface area contributed by atoms with Crippen LogP contribution in [0.1, 0.15) is 17.3 Å². The molecule has 2 atom stereocenters. The average Bonchev–Trinajstić information content (AvgIpc) is 2.86. The highest BCUT2D eigenvalue weighted by Gasteiger charge is 2.60. The molecule has 2 heterocycles. The number of nitrogens with one attached hydrogen (secondary N) is 1. The normalized spacial score (nSPS) is 14.3. The SMILES string of the molecule is COc1c(F)ccc([C@@H](Nc2cccc3nc(C)ccc23)[C@](O)(CSc2ncccn2)C(F)(F)F)c1F. The zero-order chi connectivity index (χ0) is 26.8. The van der Waals surface area contributed by atoms with Crippen LogP contribution in [0, 0.1) is 18.6 Å². The first kappa shape index (κ1) is 26.6. The van der Waals surface area contributed by atoms with Crippen LogP contribution in [0.4, 0.5) is 27.6 Å². The van der Waals surface area contributed by atoms with Crippen molar-refractivity contribution in [2.45, 2.75) is 29.9 Å². The van der Waals surface area contributed by atoms with Crippen molar-refractivity contribution in [2.75, 3.05) is 18.2 Å². The summed E-state index contributed by atoms with van der Waals surface area (Å²) in [5.41, 5.74) is -2.91. The minimum absolute atomic E-state index is 0.0223. The van der Waals surface area contributed by atoms with Gasteiger partial charge in [-0.2, -0.15) is 13.2 Å². The molecular weight excluding hydrogens is 515 g/mol. The number of fused-ring (bicyclic) bond motifs is 1. The fourth-order valence-electron chi connectivity index (χ4n) is 3.81. The van der Waals surface area contributed by atoms with Crippen LogP contribution >= 0.6 is 11.8 Å². The molecule has 0 radical (unpaired) electrons. The number of halogens is 5. The zero-order valence-corrected chi connectivity index (χ0v) is 20.4. The summed E-state index contributed by atoms with van der Waals surface area (Å²) in [7, 11) is 0.991. The van der Waals surface area contributed by atoms with Gasteiger partial charge >= 0.3 is 6.18 Å². The number of aromatic nitrogens is 3. The highest BCUT2D eigenvalue weighted by molar-refractivity contribution is 7.99. The summed E-state index contributed by atoms with van der Waals surface area (Å²) in [5.74, 6) is -4.35. The van der Waals surface area contributed by atoms with Crippen LogP contribution in [0.15, 0.2) is 66.1 Å². The largest absolute Gasteiger partial charge is 0.491 e. The van der Waals surface area contributed by atoms with E-state index in [1.165, 1.54) is 24.5 Å². The second kappa shape index (κ2) is 10.5. The number of hydrogen-bond donors (Lipinski definition) is 2. The predicted octanol–water partition coefficient (Wildman–Crippen LogP) is 5.86. The lowest BCUT2D eigenvalue weighted by atomic mass is 9.88. The Hall–Kier alpha value is -3.51. The van der Waals surface area contributed by atoms with E-state index in [9.17, 15) is 22.7 Å². The van der Waals surface area contributed by atoms with Crippen LogP contribution in [0.5, 0.6) is 5.75 Å². The lowest BCUT2D eigenvalue weighted by molar-refractivity contribution is -0.256. The van der Waals surface area contributed by atoms with Gasteiger partial charge in [0.05, 0.1) is 18.7 Å². The van der Waals surface area contributed by atoms with Gasteiger partial charge in [-0.15, -0.1) is 0 Å². The van der Waals surface area contributed by atoms with Crippen LogP contribution in [0.3, 0.4) is 0 Å². The molecule has 12 heteroatoms. The Bertz CT molecular complexity index is 1410. The molecular formula is C25H21F5N4O2S. The minimum atomic E-state index is -5.26. The quantitative estimate of drug-likeness (QED) is 0.166. The molecule has 4 rings (SSSR count). The third kappa shape index (κ3) is 5.30. The van der Waals surface area contributed by atoms with Gasteiger partial charge in [0.15, 0.2) is 28.1 Å². The predicted molar refractivity (Wildman–Crippen MR) is 130 cm³/mol. The molecule has 0 amide bonds. The average molecular weight is 537 g/mol. The highest BCUT2D eigenvalue weighted by Crippen LogP contribution is 2.46. The van der Waals surface area contributed by atoms with Gasteiger partial charge in [-0.05, 0) is 43.3 Å². The summed E-state index contributed by atoms with van der Waals surface area (Å²) in [4.78, 5) is 12.1. The molecule has 0 fully saturated rings. The van der Waals surface area contributed by atoms with Crippen molar-refractivity contribution in [2.24, 2.45) is 0 Å². The van der Waals surface area contributed by atoms with E-state index in [4.69, 9.17) is 4.74 Å². The summed E-state index contributed by atoms with van der Waals surface area (Å²) in [6.45, 7) is 1.76. The van der Waals surface area contributed by atoms with Gasteiger partial charge in [-0.3, -0.25) is 4.98 Å². The zero-order valence-electron chi connectivity index (χ0n) is 19.6. The van der Waals surface area contributed by atoms with E-state index in [0.29, 0.717) is 28.4 Å². The van der Waals surface area contributed by atoms with E-state index >= 15 is 4.39 Å². The first-order chi connectivity index (χ1) is 17.5. The molecule has 0 aliphatic heterocycles. The molecule has 6 nitrogen and oxygen atoms in total. The smallest absolute Gasteiger partial charge is 0.420 e.